The summed E-state index contributed by atoms with van der Waals surface area (Å²) in [7, 11) is 0. The van der Waals surface area contributed by atoms with Gasteiger partial charge in [-0.3, -0.25) is 9.59 Å². The first kappa shape index (κ1) is 18.1. The molecule has 1 fully saturated rings. The fourth-order valence-electron chi connectivity index (χ4n) is 2.97. The van der Waals surface area contributed by atoms with Crippen molar-refractivity contribution in [2.24, 2.45) is 0 Å². The lowest BCUT2D eigenvalue weighted by Gasteiger charge is -2.24. The second-order valence-electron chi connectivity index (χ2n) is 5.77. The molecule has 0 saturated carbocycles. The van der Waals surface area contributed by atoms with E-state index in [4.69, 9.17) is 11.6 Å². The minimum absolute atomic E-state index is 0.0714. The van der Waals surface area contributed by atoms with Gasteiger partial charge in [0.2, 0.25) is 0 Å². The lowest BCUT2D eigenvalue weighted by atomic mass is 9.95. The molecule has 1 heterocycles. The molecule has 3 rings (SSSR count). The highest BCUT2D eigenvalue weighted by Gasteiger charge is 2.45. The predicted molar refractivity (Wildman–Crippen MR) is 93.9 cm³/mol. The van der Waals surface area contributed by atoms with Crippen LogP contribution in [0.5, 0.6) is 0 Å². The zero-order chi connectivity index (χ0) is 18.8. The number of aliphatic hydroxyl groups excluding tert-OH is 2. The van der Waals surface area contributed by atoms with Crippen LogP contribution in [0.15, 0.2) is 54.1 Å². The molecule has 5 nitrogen and oxygen atoms in total. The number of rotatable bonds is 4. The second kappa shape index (κ2) is 7.27. The van der Waals surface area contributed by atoms with E-state index >= 15 is 0 Å². The fourth-order valence-corrected chi connectivity index (χ4v) is 3.10. The highest BCUT2D eigenvalue weighted by molar-refractivity contribution is 6.46. The maximum Gasteiger partial charge on any atom is 0.295 e. The summed E-state index contributed by atoms with van der Waals surface area (Å²) in [6.45, 7) is -0.411. The first-order valence-electron chi connectivity index (χ1n) is 7.84. The Labute approximate surface area is 153 Å². The Morgan fingerprint density at radius 3 is 2.27 bits per heavy atom. The monoisotopic (exact) mass is 375 g/mol. The van der Waals surface area contributed by atoms with Crippen molar-refractivity contribution in [2.75, 3.05) is 13.2 Å². The molecule has 0 aromatic heterocycles. The Bertz CT molecular complexity index is 877. The number of β-amino-alcohol motifs (C(OH)–C–C–N with tert-alkyl or cyclic N) is 1. The van der Waals surface area contributed by atoms with E-state index in [9.17, 15) is 24.2 Å². The third-order valence-electron chi connectivity index (χ3n) is 4.18. The van der Waals surface area contributed by atoms with Crippen LogP contribution in [0.1, 0.15) is 17.2 Å². The van der Waals surface area contributed by atoms with Gasteiger partial charge in [-0.05, 0) is 42.0 Å². The third-order valence-corrected chi connectivity index (χ3v) is 4.44. The van der Waals surface area contributed by atoms with Crippen molar-refractivity contribution in [1.82, 2.24) is 4.90 Å². The normalized spacial score (nSPS) is 19.2. The largest absolute Gasteiger partial charge is 0.507 e. The van der Waals surface area contributed by atoms with Crippen molar-refractivity contribution >= 4 is 29.1 Å². The molecule has 0 aliphatic carbocycles. The van der Waals surface area contributed by atoms with Gasteiger partial charge in [-0.1, -0.05) is 23.7 Å². The first-order chi connectivity index (χ1) is 12.4. The molecule has 0 radical (unpaired) electrons. The van der Waals surface area contributed by atoms with Gasteiger partial charge in [-0.25, -0.2) is 4.39 Å². The predicted octanol–water partition coefficient (Wildman–Crippen LogP) is 2.89. The summed E-state index contributed by atoms with van der Waals surface area (Å²) >= 11 is 5.90. The SMILES string of the molecule is O=C1C(=O)N(CCO)C(c2ccc(Cl)cc2)/C1=C(\O)c1ccc(F)cc1. The molecule has 1 unspecified atom stereocenters. The Kier molecular flexibility index (Phi) is 5.06. The van der Waals surface area contributed by atoms with E-state index in [0.717, 1.165) is 12.1 Å². The van der Waals surface area contributed by atoms with Gasteiger partial charge in [-0.15, -0.1) is 0 Å². The van der Waals surface area contributed by atoms with Crippen LogP contribution in [0.4, 0.5) is 4.39 Å². The first-order valence-corrected chi connectivity index (χ1v) is 8.22. The molecule has 2 N–H and O–H groups in total. The van der Waals surface area contributed by atoms with E-state index in [1.54, 1.807) is 24.3 Å². The summed E-state index contributed by atoms with van der Waals surface area (Å²) in [5.41, 5.74) is 0.662. The van der Waals surface area contributed by atoms with Gasteiger partial charge >= 0.3 is 0 Å². The van der Waals surface area contributed by atoms with E-state index in [-0.39, 0.29) is 24.3 Å². The molecule has 1 saturated heterocycles. The zero-order valence-corrected chi connectivity index (χ0v) is 14.3. The number of carbonyl (C=O) groups is 2. The van der Waals surface area contributed by atoms with Crippen LogP contribution in [0.3, 0.4) is 0 Å². The lowest BCUT2D eigenvalue weighted by molar-refractivity contribution is -0.140. The van der Waals surface area contributed by atoms with E-state index in [0.29, 0.717) is 10.6 Å². The van der Waals surface area contributed by atoms with Crippen molar-refractivity contribution < 1.29 is 24.2 Å². The number of hydrogen-bond donors (Lipinski definition) is 2. The smallest absolute Gasteiger partial charge is 0.295 e. The number of likely N-dealkylation sites (tertiary alicyclic amines) is 1. The average molecular weight is 376 g/mol. The van der Waals surface area contributed by atoms with Gasteiger partial charge < -0.3 is 15.1 Å². The van der Waals surface area contributed by atoms with Crippen LogP contribution in [0.2, 0.25) is 5.02 Å². The van der Waals surface area contributed by atoms with Crippen molar-refractivity contribution in [3.8, 4) is 0 Å². The zero-order valence-electron chi connectivity index (χ0n) is 13.5. The number of amides is 1. The minimum Gasteiger partial charge on any atom is -0.507 e. The molecule has 1 atom stereocenters. The van der Waals surface area contributed by atoms with Crippen molar-refractivity contribution in [1.29, 1.82) is 0 Å². The molecule has 1 aliphatic heterocycles. The molecule has 2 aromatic carbocycles. The van der Waals surface area contributed by atoms with Gasteiger partial charge in [0.25, 0.3) is 11.7 Å². The van der Waals surface area contributed by atoms with Gasteiger partial charge in [0, 0.05) is 17.1 Å². The van der Waals surface area contributed by atoms with Gasteiger partial charge in [-0.2, -0.15) is 0 Å². The molecule has 134 valence electrons. The number of ketones is 1. The number of nitrogens with zero attached hydrogens (tertiary/aromatic N) is 1. The Morgan fingerprint density at radius 2 is 1.69 bits per heavy atom. The molecule has 1 amide bonds. The third kappa shape index (κ3) is 3.21. The van der Waals surface area contributed by atoms with Gasteiger partial charge in [0.1, 0.15) is 11.6 Å². The van der Waals surface area contributed by atoms with E-state index < -0.39 is 29.3 Å². The van der Waals surface area contributed by atoms with E-state index in [1.165, 1.54) is 17.0 Å². The molecule has 1 aliphatic rings. The van der Waals surface area contributed by atoms with E-state index in [2.05, 4.69) is 0 Å². The van der Waals surface area contributed by atoms with Crippen LogP contribution in [0.25, 0.3) is 5.76 Å². The fraction of sp³-hybridized carbons (Fsp3) is 0.158. The van der Waals surface area contributed by atoms with Crippen molar-refractivity contribution in [3.63, 3.8) is 0 Å². The van der Waals surface area contributed by atoms with Crippen molar-refractivity contribution in [2.45, 2.75) is 6.04 Å². The summed E-state index contributed by atoms with van der Waals surface area (Å²) in [5.74, 6) is -2.57. The number of aliphatic hydroxyl groups is 2. The van der Waals surface area contributed by atoms with Crippen LogP contribution in [-0.2, 0) is 9.59 Å². The summed E-state index contributed by atoms with van der Waals surface area (Å²) in [6.07, 6.45) is 0. The van der Waals surface area contributed by atoms with Crippen LogP contribution in [-0.4, -0.2) is 40.0 Å². The molecule has 0 spiro atoms. The van der Waals surface area contributed by atoms with E-state index in [1.807, 2.05) is 0 Å². The average Bonchev–Trinajstić information content (AvgIpc) is 2.88. The number of benzene rings is 2. The number of carbonyl (C=O) groups excluding carboxylic acids is 2. The van der Waals surface area contributed by atoms with Crippen LogP contribution >= 0.6 is 11.6 Å². The lowest BCUT2D eigenvalue weighted by Crippen LogP contribution is -2.32. The summed E-state index contributed by atoms with van der Waals surface area (Å²) in [5, 5.41) is 20.4. The summed E-state index contributed by atoms with van der Waals surface area (Å²) in [6, 6.07) is 10.6. The standard InChI is InChI=1S/C19H15ClFNO4/c20-13-5-1-11(2-6-13)16-15(18(25)19(26)22(16)9-10-23)17(24)12-3-7-14(21)8-4-12/h1-8,16,23-24H,9-10H2/b17-15+. The van der Waals surface area contributed by atoms with Crippen molar-refractivity contribution in [3.05, 3.63) is 76.1 Å². The number of hydrogen-bond acceptors (Lipinski definition) is 4. The number of Topliss-reactive ketones (excluding diaryl/α,β-unsaturated/α-hetero) is 1. The second-order valence-corrected chi connectivity index (χ2v) is 6.21. The number of halogens is 2. The minimum atomic E-state index is -0.871. The molecular formula is C19H15ClFNO4. The molecular weight excluding hydrogens is 361 g/mol. The molecule has 26 heavy (non-hydrogen) atoms. The quantitative estimate of drug-likeness (QED) is 0.489. The highest BCUT2D eigenvalue weighted by atomic mass is 35.5. The van der Waals surface area contributed by atoms with Crippen LogP contribution < -0.4 is 0 Å². The van der Waals surface area contributed by atoms with Gasteiger partial charge in [0.15, 0.2) is 0 Å². The van der Waals surface area contributed by atoms with Gasteiger partial charge in [0.05, 0.1) is 18.2 Å². The summed E-state index contributed by atoms with van der Waals surface area (Å²) < 4.78 is 13.1. The maximum absolute atomic E-state index is 13.1. The van der Waals surface area contributed by atoms with Crippen LogP contribution in [0, 0.1) is 5.82 Å². The Balaban J connectivity index is 2.17. The Hall–Kier alpha value is -2.70. The topological polar surface area (TPSA) is 77.8 Å². The molecule has 2 aromatic rings. The molecule has 0 bridgehead atoms. The summed E-state index contributed by atoms with van der Waals surface area (Å²) in [4.78, 5) is 26.1. The molecule has 7 heteroatoms. The Morgan fingerprint density at radius 1 is 1.08 bits per heavy atom. The maximum atomic E-state index is 13.1. The highest BCUT2D eigenvalue weighted by Crippen LogP contribution is 2.39.